The van der Waals surface area contributed by atoms with Crippen LogP contribution in [-0.4, -0.2) is 26.2 Å². The van der Waals surface area contributed by atoms with Crippen molar-refractivity contribution in [1.29, 1.82) is 5.26 Å². The number of aldehydes is 1. The molecule has 0 saturated heterocycles. The second-order valence-electron chi connectivity index (χ2n) is 6.24. The summed E-state index contributed by atoms with van der Waals surface area (Å²) in [7, 11) is 0. The highest BCUT2D eigenvalue weighted by atomic mass is 16.1. The zero-order valence-electron chi connectivity index (χ0n) is 16.8. The Morgan fingerprint density at radius 2 is 1.28 bits per heavy atom. The number of carbonyl (C=O) groups excluding carboxylic acids is 1. The largest absolute Gasteiger partial charge is 0.383 e. The number of nitrogen functional groups attached to an aromatic ring is 2. The Morgan fingerprint density at radius 3 is 1.72 bits per heavy atom. The van der Waals surface area contributed by atoms with Gasteiger partial charge < -0.3 is 22.1 Å². The molecule has 4 aromatic rings. The maximum Gasteiger partial charge on any atom is 0.229 e. The third-order valence-electron chi connectivity index (χ3n) is 3.97. The molecule has 4 rings (SSSR count). The van der Waals surface area contributed by atoms with Crippen LogP contribution < -0.4 is 22.1 Å². The van der Waals surface area contributed by atoms with Crippen molar-refractivity contribution in [2.75, 3.05) is 22.1 Å². The van der Waals surface area contributed by atoms with Gasteiger partial charge in [-0.2, -0.15) is 15.2 Å². The molecule has 0 amide bonds. The van der Waals surface area contributed by atoms with E-state index < -0.39 is 0 Å². The Balaban J connectivity index is 0.000000181. The summed E-state index contributed by atoms with van der Waals surface area (Å²) in [6.45, 7) is 0. The lowest BCUT2D eigenvalue weighted by Gasteiger charge is -2.05. The molecule has 0 unspecified atom stereocenters. The van der Waals surface area contributed by atoms with Crippen LogP contribution in [0.1, 0.15) is 15.9 Å². The molecule has 0 aliphatic heterocycles. The van der Waals surface area contributed by atoms with E-state index in [9.17, 15) is 4.79 Å². The van der Waals surface area contributed by atoms with Gasteiger partial charge in [-0.1, -0.05) is 36.4 Å². The van der Waals surface area contributed by atoms with E-state index in [1.807, 2.05) is 66.7 Å². The van der Waals surface area contributed by atoms with E-state index in [1.54, 1.807) is 0 Å². The number of nitrogens with zero attached hydrogens (tertiary/aromatic N) is 5. The summed E-state index contributed by atoms with van der Waals surface area (Å²) < 4.78 is 0. The van der Waals surface area contributed by atoms with E-state index in [2.05, 4.69) is 30.6 Å². The molecule has 0 aliphatic rings. The lowest BCUT2D eigenvalue weighted by Crippen LogP contribution is -2.03. The first-order valence-corrected chi connectivity index (χ1v) is 9.33. The van der Waals surface area contributed by atoms with Crippen LogP contribution in [0.3, 0.4) is 0 Å². The molecule has 6 N–H and O–H groups in total. The van der Waals surface area contributed by atoms with E-state index in [-0.39, 0.29) is 17.2 Å². The summed E-state index contributed by atoms with van der Waals surface area (Å²) in [5, 5.41) is 14.6. The first-order valence-electron chi connectivity index (χ1n) is 9.33. The van der Waals surface area contributed by atoms with Crippen molar-refractivity contribution in [3.05, 3.63) is 84.2 Å². The molecule has 0 bridgehead atoms. The average molecular weight is 425 g/mol. The average Bonchev–Trinajstić information content (AvgIpc) is 2.81. The van der Waals surface area contributed by atoms with Crippen molar-refractivity contribution in [3.63, 3.8) is 0 Å². The summed E-state index contributed by atoms with van der Waals surface area (Å²) in [5.41, 5.74) is 13.4. The van der Waals surface area contributed by atoms with E-state index in [0.717, 1.165) is 11.4 Å². The summed E-state index contributed by atoms with van der Waals surface area (Å²) in [6, 6.07) is 20.9. The van der Waals surface area contributed by atoms with Crippen LogP contribution in [0.2, 0.25) is 0 Å². The minimum absolute atomic E-state index is 0.170. The van der Waals surface area contributed by atoms with Gasteiger partial charge in [0, 0.05) is 17.6 Å². The first-order chi connectivity index (χ1) is 15.6. The van der Waals surface area contributed by atoms with Crippen LogP contribution in [-0.2, 0) is 0 Å². The predicted octanol–water partition coefficient (Wildman–Crippen LogP) is 3.29. The molecule has 0 radical (unpaired) electrons. The molecular weight excluding hydrogens is 406 g/mol. The number of nitriles is 1. The number of anilines is 6. The van der Waals surface area contributed by atoms with E-state index >= 15 is 0 Å². The zero-order valence-corrected chi connectivity index (χ0v) is 16.8. The van der Waals surface area contributed by atoms with Gasteiger partial charge in [0.15, 0.2) is 6.29 Å². The highest BCUT2D eigenvalue weighted by Crippen LogP contribution is 2.15. The summed E-state index contributed by atoms with van der Waals surface area (Å²) in [4.78, 5) is 26.4. The maximum atomic E-state index is 10.5. The summed E-state index contributed by atoms with van der Waals surface area (Å²) in [5.74, 6) is 1.09. The van der Waals surface area contributed by atoms with Gasteiger partial charge in [-0.15, -0.1) is 0 Å². The van der Waals surface area contributed by atoms with Gasteiger partial charge >= 0.3 is 0 Å². The topological polar surface area (TPSA) is 169 Å². The van der Waals surface area contributed by atoms with Gasteiger partial charge in [0.25, 0.3) is 0 Å². The minimum atomic E-state index is 0.170. The molecule has 2 aromatic heterocycles. The number of hydrogen-bond donors (Lipinski definition) is 4. The van der Waals surface area contributed by atoms with Crippen LogP contribution in [0.5, 0.6) is 0 Å². The first kappa shape index (κ1) is 21.7. The number of benzene rings is 2. The van der Waals surface area contributed by atoms with E-state index in [1.165, 1.54) is 12.4 Å². The molecule has 2 aromatic carbocycles. The third kappa shape index (κ3) is 5.98. The number of para-hydroxylation sites is 2. The standard InChI is InChI=1S/C11H9N5.C11H10N4O/c12-6-8-7-14-11(16-10(8)13)15-9-4-2-1-3-5-9;12-10-8(7-16)6-13-11(15-10)14-9-4-2-1-3-5-9/h1-5,7H,(H3,13,14,15,16);1-7H,(H3,12,13,14,15). The van der Waals surface area contributed by atoms with Crippen molar-refractivity contribution in [1.82, 2.24) is 19.9 Å². The highest BCUT2D eigenvalue weighted by Gasteiger charge is 2.04. The number of hydrogen-bond acceptors (Lipinski definition) is 10. The zero-order chi connectivity index (χ0) is 22.8. The highest BCUT2D eigenvalue weighted by molar-refractivity contribution is 5.81. The van der Waals surface area contributed by atoms with Gasteiger partial charge in [0.1, 0.15) is 23.3 Å². The number of aromatic nitrogens is 4. The molecule has 32 heavy (non-hydrogen) atoms. The summed E-state index contributed by atoms with van der Waals surface area (Å²) >= 11 is 0. The third-order valence-corrected chi connectivity index (χ3v) is 3.97. The molecule has 0 aliphatic carbocycles. The molecule has 10 heteroatoms. The molecule has 10 nitrogen and oxygen atoms in total. The van der Waals surface area contributed by atoms with E-state index in [0.29, 0.717) is 23.7 Å². The second-order valence-corrected chi connectivity index (χ2v) is 6.24. The number of carbonyl (C=O) groups is 1. The van der Waals surface area contributed by atoms with Gasteiger partial charge in [0.2, 0.25) is 11.9 Å². The van der Waals surface area contributed by atoms with Gasteiger partial charge in [-0.25, -0.2) is 9.97 Å². The molecule has 0 saturated carbocycles. The lowest BCUT2D eigenvalue weighted by atomic mass is 10.3. The van der Waals surface area contributed by atoms with Crippen LogP contribution in [0.15, 0.2) is 73.1 Å². The fraction of sp³-hybridized carbons (Fsp3) is 0. The fourth-order valence-electron chi connectivity index (χ4n) is 2.40. The molecular formula is C22H19N9O. The Bertz CT molecular complexity index is 1230. The molecule has 158 valence electrons. The molecule has 0 fully saturated rings. The number of nitrogens with one attached hydrogen (secondary N) is 2. The van der Waals surface area contributed by atoms with Crippen molar-refractivity contribution in [2.45, 2.75) is 0 Å². The fourth-order valence-corrected chi connectivity index (χ4v) is 2.40. The monoisotopic (exact) mass is 425 g/mol. The van der Waals surface area contributed by atoms with Crippen molar-refractivity contribution < 1.29 is 4.79 Å². The van der Waals surface area contributed by atoms with Gasteiger partial charge in [-0.05, 0) is 24.3 Å². The predicted molar refractivity (Wildman–Crippen MR) is 122 cm³/mol. The Morgan fingerprint density at radius 1 is 0.781 bits per heavy atom. The number of nitrogens with two attached hydrogens (primary N) is 2. The van der Waals surface area contributed by atoms with Crippen molar-refractivity contribution in [3.8, 4) is 6.07 Å². The quantitative estimate of drug-likeness (QED) is 0.348. The van der Waals surface area contributed by atoms with Gasteiger partial charge in [0.05, 0.1) is 11.8 Å². The van der Waals surface area contributed by atoms with Gasteiger partial charge in [-0.3, -0.25) is 4.79 Å². The minimum Gasteiger partial charge on any atom is -0.383 e. The van der Waals surface area contributed by atoms with Crippen LogP contribution >= 0.6 is 0 Å². The van der Waals surface area contributed by atoms with Crippen LogP contribution in [0.25, 0.3) is 0 Å². The Hall–Kier alpha value is -5.04. The van der Waals surface area contributed by atoms with Crippen molar-refractivity contribution in [2.24, 2.45) is 0 Å². The number of rotatable bonds is 5. The second kappa shape index (κ2) is 10.7. The molecule has 0 spiro atoms. The van der Waals surface area contributed by atoms with Crippen molar-refractivity contribution >= 4 is 41.2 Å². The normalized spacial score (nSPS) is 9.59. The van der Waals surface area contributed by atoms with Crippen LogP contribution in [0.4, 0.5) is 34.9 Å². The molecule has 2 heterocycles. The SMILES string of the molecule is N#Cc1cnc(Nc2ccccc2)nc1N.Nc1nc(Nc2ccccc2)ncc1C=O. The Kier molecular flexibility index (Phi) is 7.21. The van der Waals surface area contributed by atoms with Crippen LogP contribution in [0, 0.1) is 11.3 Å². The Labute approximate surface area is 184 Å². The lowest BCUT2D eigenvalue weighted by molar-refractivity contribution is 0.112. The summed E-state index contributed by atoms with van der Waals surface area (Å²) in [6.07, 6.45) is 3.41. The van der Waals surface area contributed by atoms with E-state index in [4.69, 9.17) is 16.7 Å². The maximum absolute atomic E-state index is 10.5. The molecule has 0 atom stereocenters. The smallest absolute Gasteiger partial charge is 0.229 e.